The molecule has 4 nitrogen and oxygen atoms in total. The Kier molecular flexibility index (Phi) is 8.93. The molecule has 1 fully saturated rings. The Balaban J connectivity index is 1.69. The third-order valence-corrected chi connectivity index (χ3v) is 7.04. The molecule has 0 radical (unpaired) electrons. The van der Waals surface area contributed by atoms with Crippen LogP contribution in [0, 0.1) is 6.92 Å². The summed E-state index contributed by atoms with van der Waals surface area (Å²) in [5.41, 5.74) is 4.78. The van der Waals surface area contributed by atoms with Crippen LogP contribution in [0.4, 0.5) is 0 Å². The van der Waals surface area contributed by atoms with Crippen molar-refractivity contribution in [3.05, 3.63) is 70.8 Å². The predicted molar refractivity (Wildman–Crippen MR) is 140 cm³/mol. The van der Waals surface area contributed by atoms with Gasteiger partial charge in [-0.05, 0) is 55.2 Å². The quantitative estimate of drug-likeness (QED) is 0.516. The maximum atomic E-state index is 13.4. The predicted octanol–water partition coefficient (Wildman–Crippen LogP) is 6.09. The summed E-state index contributed by atoms with van der Waals surface area (Å²) in [6.07, 6.45) is 6.71. The maximum absolute atomic E-state index is 13.4. The topological polar surface area (TPSA) is 49.4 Å². The average Bonchev–Trinajstić information content (AvgIpc) is 2.82. The van der Waals surface area contributed by atoms with Gasteiger partial charge in [-0.1, -0.05) is 94.1 Å². The Morgan fingerprint density at radius 2 is 1.53 bits per heavy atom. The second kappa shape index (κ2) is 11.7. The van der Waals surface area contributed by atoms with E-state index in [-0.39, 0.29) is 23.3 Å². The van der Waals surface area contributed by atoms with Gasteiger partial charge in [0.1, 0.15) is 6.04 Å². The van der Waals surface area contributed by atoms with Crippen LogP contribution in [-0.2, 0) is 28.0 Å². The van der Waals surface area contributed by atoms with Crippen molar-refractivity contribution >= 4 is 11.8 Å². The van der Waals surface area contributed by atoms with Gasteiger partial charge < -0.3 is 10.2 Å². The molecule has 0 heterocycles. The first-order valence-corrected chi connectivity index (χ1v) is 12.9. The molecule has 1 unspecified atom stereocenters. The molecule has 34 heavy (non-hydrogen) atoms. The van der Waals surface area contributed by atoms with Crippen LogP contribution in [0.2, 0.25) is 0 Å². The van der Waals surface area contributed by atoms with E-state index in [4.69, 9.17) is 0 Å². The van der Waals surface area contributed by atoms with Gasteiger partial charge in [0.05, 0.1) is 0 Å². The number of rotatable bonds is 8. The van der Waals surface area contributed by atoms with Crippen molar-refractivity contribution in [2.45, 2.75) is 104 Å². The van der Waals surface area contributed by atoms with E-state index < -0.39 is 6.04 Å². The van der Waals surface area contributed by atoms with Crippen molar-refractivity contribution in [2.75, 3.05) is 0 Å². The molecular weight excluding hydrogens is 420 g/mol. The second-order valence-corrected chi connectivity index (χ2v) is 11.0. The van der Waals surface area contributed by atoms with E-state index >= 15 is 0 Å². The summed E-state index contributed by atoms with van der Waals surface area (Å²) in [7, 11) is 0. The minimum Gasteiger partial charge on any atom is -0.352 e. The molecule has 0 aromatic heterocycles. The zero-order chi connectivity index (χ0) is 24.7. The average molecular weight is 463 g/mol. The van der Waals surface area contributed by atoms with Crippen LogP contribution in [0.25, 0.3) is 0 Å². The van der Waals surface area contributed by atoms with Gasteiger partial charge in [0, 0.05) is 19.0 Å². The normalized spacial score (nSPS) is 15.6. The molecule has 1 saturated carbocycles. The minimum atomic E-state index is -0.501. The number of carbonyl (C=O) groups is 2. The van der Waals surface area contributed by atoms with E-state index in [1.165, 1.54) is 30.4 Å². The monoisotopic (exact) mass is 462 g/mol. The van der Waals surface area contributed by atoms with E-state index in [2.05, 4.69) is 69.4 Å². The number of hydrogen-bond donors (Lipinski definition) is 1. The molecule has 1 N–H and O–H groups in total. The lowest BCUT2D eigenvalue weighted by Gasteiger charge is -2.31. The molecule has 4 heteroatoms. The molecule has 184 valence electrons. The Labute approximate surface area is 206 Å². The number of aryl methyl sites for hydroxylation is 2. The van der Waals surface area contributed by atoms with Crippen molar-refractivity contribution in [3.63, 3.8) is 0 Å². The molecular formula is C30H42N2O2. The van der Waals surface area contributed by atoms with E-state index in [0.717, 1.165) is 24.0 Å². The van der Waals surface area contributed by atoms with Crippen molar-refractivity contribution < 1.29 is 9.59 Å². The van der Waals surface area contributed by atoms with Crippen molar-refractivity contribution in [3.8, 4) is 0 Å². The molecule has 3 rings (SSSR count). The van der Waals surface area contributed by atoms with Crippen LogP contribution in [0.3, 0.4) is 0 Å². The summed E-state index contributed by atoms with van der Waals surface area (Å²) < 4.78 is 0. The number of carbonyl (C=O) groups excluding carboxylic acids is 2. The lowest BCUT2D eigenvalue weighted by atomic mass is 9.86. The van der Waals surface area contributed by atoms with Gasteiger partial charge in [0.25, 0.3) is 0 Å². The number of nitrogens with zero attached hydrogens (tertiary/aromatic N) is 1. The Hall–Kier alpha value is -2.62. The Bertz CT molecular complexity index is 935. The van der Waals surface area contributed by atoms with Gasteiger partial charge >= 0.3 is 0 Å². The zero-order valence-corrected chi connectivity index (χ0v) is 21.7. The third-order valence-electron chi connectivity index (χ3n) is 7.04. The highest BCUT2D eigenvalue weighted by Crippen LogP contribution is 2.23. The van der Waals surface area contributed by atoms with E-state index in [1.807, 2.05) is 19.1 Å². The van der Waals surface area contributed by atoms with Crippen LogP contribution in [-0.4, -0.2) is 28.8 Å². The first-order valence-electron chi connectivity index (χ1n) is 12.9. The standard InChI is InChI=1S/C30H42N2O2/c1-22-11-13-25(14-12-22)21-32(23(2)29(34)31-27-9-7-6-8-10-27)28(33)20-17-24-15-18-26(19-16-24)30(3,4)5/h11-16,18-19,23,27H,6-10,17,20-21H2,1-5H3,(H,31,34). The molecule has 0 spiro atoms. The zero-order valence-electron chi connectivity index (χ0n) is 21.7. The SMILES string of the molecule is Cc1ccc(CN(C(=O)CCc2ccc(C(C)(C)C)cc2)C(C)C(=O)NC2CCCCC2)cc1. The number of amides is 2. The summed E-state index contributed by atoms with van der Waals surface area (Å²) in [6.45, 7) is 11.0. The third kappa shape index (κ3) is 7.44. The van der Waals surface area contributed by atoms with E-state index in [0.29, 0.717) is 19.4 Å². The van der Waals surface area contributed by atoms with Gasteiger partial charge in [-0.2, -0.15) is 0 Å². The molecule has 0 aliphatic heterocycles. The molecule has 0 saturated heterocycles. The summed E-state index contributed by atoms with van der Waals surface area (Å²) in [4.78, 5) is 28.3. The molecule has 1 aliphatic rings. The fourth-order valence-corrected chi connectivity index (χ4v) is 4.61. The first kappa shape index (κ1) is 26.0. The highest BCUT2D eigenvalue weighted by atomic mass is 16.2. The summed E-state index contributed by atoms with van der Waals surface area (Å²) in [6, 6.07) is 16.5. The lowest BCUT2D eigenvalue weighted by molar-refractivity contribution is -0.141. The summed E-state index contributed by atoms with van der Waals surface area (Å²) in [5, 5.41) is 3.21. The fraction of sp³-hybridized carbons (Fsp3) is 0.533. The highest BCUT2D eigenvalue weighted by molar-refractivity contribution is 5.87. The van der Waals surface area contributed by atoms with Gasteiger partial charge in [-0.25, -0.2) is 0 Å². The number of hydrogen-bond acceptors (Lipinski definition) is 2. The number of nitrogens with one attached hydrogen (secondary N) is 1. The first-order chi connectivity index (χ1) is 16.1. The smallest absolute Gasteiger partial charge is 0.242 e. The molecule has 2 amide bonds. The molecule has 0 bridgehead atoms. The van der Waals surface area contributed by atoms with Crippen molar-refractivity contribution in [1.29, 1.82) is 0 Å². The van der Waals surface area contributed by atoms with E-state index in [9.17, 15) is 9.59 Å². The summed E-state index contributed by atoms with van der Waals surface area (Å²) >= 11 is 0. The van der Waals surface area contributed by atoms with Crippen LogP contribution in [0.5, 0.6) is 0 Å². The largest absolute Gasteiger partial charge is 0.352 e. The lowest BCUT2D eigenvalue weighted by Crippen LogP contribution is -2.50. The van der Waals surface area contributed by atoms with Crippen LogP contribution in [0.1, 0.15) is 88.5 Å². The van der Waals surface area contributed by atoms with Crippen LogP contribution < -0.4 is 5.32 Å². The van der Waals surface area contributed by atoms with Crippen molar-refractivity contribution in [2.24, 2.45) is 0 Å². The highest BCUT2D eigenvalue weighted by Gasteiger charge is 2.28. The van der Waals surface area contributed by atoms with Gasteiger partial charge in [-0.15, -0.1) is 0 Å². The molecule has 2 aromatic carbocycles. The van der Waals surface area contributed by atoms with Gasteiger partial charge in [-0.3, -0.25) is 9.59 Å². The van der Waals surface area contributed by atoms with Gasteiger partial charge in [0.15, 0.2) is 0 Å². The second-order valence-electron chi connectivity index (χ2n) is 11.0. The van der Waals surface area contributed by atoms with Crippen LogP contribution >= 0.6 is 0 Å². The Morgan fingerprint density at radius 3 is 2.12 bits per heavy atom. The molecule has 1 atom stereocenters. The van der Waals surface area contributed by atoms with Gasteiger partial charge in [0.2, 0.25) is 11.8 Å². The van der Waals surface area contributed by atoms with E-state index in [1.54, 1.807) is 4.90 Å². The van der Waals surface area contributed by atoms with Crippen LogP contribution in [0.15, 0.2) is 48.5 Å². The van der Waals surface area contributed by atoms with Crippen molar-refractivity contribution in [1.82, 2.24) is 10.2 Å². The fourth-order valence-electron chi connectivity index (χ4n) is 4.61. The minimum absolute atomic E-state index is 0.0202. The molecule has 2 aromatic rings. The number of benzene rings is 2. The molecule has 1 aliphatic carbocycles. The summed E-state index contributed by atoms with van der Waals surface area (Å²) in [5.74, 6) is -0.0198. The Morgan fingerprint density at radius 1 is 0.941 bits per heavy atom. The maximum Gasteiger partial charge on any atom is 0.242 e.